The lowest BCUT2D eigenvalue weighted by Crippen LogP contribution is -2.45. The number of aliphatic hydroxyl groups is 1. The molecule has 0 aromatic rings. The maximum absolute atomic E-state index is 13.0. The molecule has 0 saturated heterocycles. The SMILES string of the molecule is CCCCCCCCCCCCCCCCCCCC/C=C/C(O)C(COP(=O)([O-])OCC[N+](C)(C)C)NC(=O)CCCCCCCCCCCCCCCCCCCCCCCCCCCCCCCCCCCC. The zero-order valence-corrected chi connectivity index (χ0v) is 52.9. The molecular formula is C67H135N2O6P. The summed E-state index contributed by atoms with van der Waals surface area (Å²) in [6.45, 7) is 4.72. The highest BCUT2D eigenvalue weighted by molar-refractivity contribution is 7.45. The number of hydrogen-bond acceptors (Lipinski definition) is 6. The number of hydrogen-bond donors (Lipinski definition) is 2. The van der Waals surface area contributed by atoms with Crippen molar-refractivity contribution in [2.24, 2.45) is 0 Å². The molecule has 0 heterocycles. The van der Waals surface area contributed by atoms with Crippen LogP contribution in [-0.2, 0) is 18.4 Å². The van der Waals surface area contributed by atoms with E-state index in [1.807, 2.05) is 27.2 Å². The second kappa shape index (κ2) is 58.9. The van der Waals surface area contributed by atoms with E-state index in [-0.39, 0.29) is 19.1 Å². The number of rotatable bonds is 64. The Labute approximate surface area is 475 Å². The zero-order chi connectivity index (χ0) is 55.6. The Morgan fingerprint density at radius 1 is 0.447 bits per heavy atom. The lowest BCUT2D eigenvalue weighted by atomic mass is 10.0. The van der Waals surface area contributed by atoms with Gasteiger partial charge in [0.05, 0.1) is 39.9 Å². The van der Waals surface area contributed by atoms with Crippen LogP contribution in [0.1, 0.15) is 361 Å². The third-order valence-corrected chi connectivity index (χ3v) is 17.0. The second-order valence-electron chi connectivity index (χ2n) is 24.9. The smallest absolute Gasteiger partial charge is 0.268 e. The molecule has 0 fully saturated rings. The molecule has 0 aliphatic carbocycles. The topological polar surface area (TPSA) is 108 Å². The number of nitrogens with one attached hydrogen (secondary N) is 1. The summed E-state index contributed by atoms with van der Waals surface area (Å²) in [5, 5.41) is 13.9. The third kappa shape index (κ3) is 60.9. The lowest BCUT2D eigenvalue weighted by molar-refractivity contribution is -0.870. The first-order valence-electron chi connectivity index (χ1n) is 34.1. The van der Waals surface area contributed by atoms with Gasteiger partial charge in [0, 0.05) is 6.42 Å². The molecule has 0 saturated carbocycles. The molecule has 2 N–H and O–H groups in total. The van der Waals surface area contributed by atoms with Gasteiger partial charge in [-0.3, -0.25) is 9.36 Å². The molecule has 3 unspecified atom stereocenters. The number of unbranched alkanes of at least 4 members (excludes halogenated alkanes) is 51. The monoisotopic (exact) mass is 1100 g/mol. The van der Waals surface area contributed by atoms with Gasteiger partial charge in [-0.2, -0.15) is 0 Å². The van der Waals surface area contributed by atoms with Crippen molar-refractivity contribution >= 4 is 13.7 Å². The number of quaternary nitrogens is 1. The Balaban J connectivity index is 3.97. The van der Waals surface area contributed by atoms with Crippen LogP contribution in [0.4, 0.5) is 0 Å². The highest BCUT2D eigenvalue weighted by Gasteiger charge is 2.23. The highest BCUT2D eigenvalue weighted by Crippen LogP contribution is 2.38. The Hall–Kier alpha value is -0.760. The van der Waals surface area contributed by atoms with Crippen molar-refractivity contribution < 1.29 is 32.9 Å². The highest BCUT2D eigenvalue weighted by atomic mass is 31.2. The van der Waals surface area contributed by atoms with Crippen LogP contribution in [0.15, 0.2) is 12.2 Å². The number of allylic oxidation sites excluding steroid dienone is 1. The summed E-state index contributed by atoms with van der Waals surface area (Å²) in [6.07, 6.45) is 74.8. The summed E-state index contributed by atoms with van der Waals surface area (Å²) in [6, 6.07) is -0.883. The first kappa shape index (κ1) is 75.2. The van der Waals surface area contributed by atoms with Crippen LogP contribution in [-0.4, -0.2) is 68.5 Å². The zero-order valence-electron chi connectivity index (χ0n) is 52.0. The first-order chi connectivity index (χ1) is 37.0. The van der Waals surface area contributed by atoms with E-state index < -0.39 is 20.0 Å². The molecule has 76 heavy (non-hydrogen) atoms. The molecule has 3 atom stereocenters. The molecule has 0 bridgehead atoms. The van der Waals surface area contributed by atoms with E-state index in [4.69, 9.17) is 9.05 Å². The minimum atomic E-state index is -4.60. The first-order valence-corrected chi connectivity index (χ1v) is 35.5. The molecule has 0 radical (unpaired) electrons. The van der Waals surface area contributed by atoms with Gasteiger partial charge in [0.25, 0.3) is 7.82 Å². The Morgan fingerprint density at radius 3 is 0.987 bits per heavy atom. The molecule has 1 amide bonds. The fraction of sp³-hybridized carbons (Fsp3) is 0.955. The largest absolute Gasteiger partial charge is 0.756 e. The number of carbonyl (C=O) groups is 1. The molecule has 0 spiro atoms. The number of aliphatic hydroxyl groups excluding tert-OH is 1. The minimum Gasteiger partial charge on any atom is -0.756 e. The summed E-state index contributed by atoms with van der Waals surface area (Å²) in [5.41, 5.74) is 0. The number of nitrogens with zero attached hydrogens (tertiary/aromatic N) is 1. The molecule has 0 aliphatic rings. The Kier molecular flexibility index (Phi) is 58.3. The van der Waals surface area contributed by atoms with Crippen LogP contribution in [0.3, 0.4) is 0 Å². The van der Waals surface area contributed by atoms with Gasteiger partial charge in [-0.25, -0.2) is 0 Å². The molecule has 0 aromatic carbocycles. The fourth-order valence-corrected chi connectivity index (χ4v) is 11.4. The van der Waals surface area contributed by atoms with E-state index >= 15 is 0 Å². The van der Waals surface area contributed by atoms with Crippen LogP contribution in [0.5, 0.6) is 0 Å². The van der Waals surface area contributed by atoms with Crippen molar-refractivity contribution in [2.75, 3.05) is 40.9 Å². The van der Waals surface area contributed by atoms with E-state index in [9.17, 15) is 19.4 Å². The minimum absolute atomic E-state index is 0.00288. The Morgan fingerprint density at radius 2 is 0.711 bits per heavy atom. The number of amides is 1. The van der Waals surface area contributed by atoms with Crippen LogP contribution in [0.2, 0.25) is 0 Å². The van der Waals surface area contributed by atoms with Crippen molar-refractivity contribution in [3.63, 3.8) is 0 Å². The molecule has 0 aromatic heterocycles. The molecule has 0 aliphatic heterocycles. The van der Waals surface area contributed by atoms with Crippen molar-refractivity contribution in [1.82, 2.24) is 5.32 Å². The van der Waals surface area contributed by atoms with Gasteiger partial charge >= 0.3 is 0 Å². The lowest BCUT2D eigenvalue weighted by Gasteiger charge is -2.29. The van der Waals surface area contributed by atoms with E-state index in [2.05, 4.69) is 19.2 Å². The standard InChI is InChI=1S/C67H135N2O6P/c1-6-8-10-12-14-16-18-20-22-24-26-28-29-30-31-32-33-34-35-36-37-38-39-40-41-43-45-47-49-51-53-55-57-59-61-67(71)68-65(64-75-76(72,73)74-63-62-69(3,4)5)66(70)60-58-56-54-52-50-48-46-44-42-27-25-23-21-19-17-15-13-11-9-7-2/h58,60,65-66,70H,6-57,59,61-64H2,1-5H3,(H-,68,71,72,73)/b60-58+. The average Bonchev–Trinajstić information content (AvgIpc) is 3.38. The molecule has 9 heteroatoms. The third-order valence-electron chi connectivity index (χ3n) is 16.0. The summed E-state index contributed by atoms with van der Waals surface area (Å²) < 4.78 is 23.4. The van der Waals surface area contributed by atoms with E-state index in [1.165, 1.54) is 302 Å². The summed E-state index contributed by atoms with van der Waals surface area (Å²) >= 11 is 0. The summed E-state index contributed by atoms with van der Waals surface area (Å²) in [4.78, 5) is 25.6. The van der Waals surface area contributed by atoms with Crippen LogP contribution in [0, 0.1) is 0 Å². The maximum atomic E-state index is 13.0. The predicted octanol–water partition coefficient (Wildman–Crippen LogP) is 20.7. The van der Waals surface area contributed by atoms with Crippen molar-refractivity contribution in [1.29, 1.82) is 0 Å². The van der Waals surface area contributed by atoms with Gasteiger partial charge in [-0.05, 0) is 19.3 Å². The Bertz CT molecular complexity index is 1240. The van der Waals surface area contributed by atoms with E-state index in [0.29, 0.717) is 17.4 Å². The number of phosphoric acid groups is 1. The van der Waals surface area contributed by atoms with Gasteiger partial charge in [-0.15, -0.1) is 0 Å². The van der Waals surface area contributed by atoms with Gasteiger partial charge in [0.1, 0.15) is 13.2 Å². The quantitative estimate of drug-likeness (QED) is 0.0272. The van der Waals surface area contributed by atoms with Gasteiger partial charge < -0.3 is 28.8 Å². The number of carbonyl (C=O) groups excluding carboxylic acids is 1. The van der Waals surface area contributed by atoms with Crippen LogP contribution >= 0.6 is 7.82 Å². The molecule has 8 nitrogen and oxygen atoms in total. The fourth-order valence-electron chi connectivity index (χ4n) is 10.7. The van der Waals surface area contributed by atoms with Crippen molar-refractivity contribution in [3.05, 3.63) is 12.2 Å². The number of likely N-dealkylation sites (N-methyl/N-ethyl adjacent to an activating group) is 1. The van der Waals surface area contributed by atoms with Crippen molar-refractivity contribution in [3.8, 4) is 0 Å². The number of phosphoric ester groups is 1. The van der Waals surface area contributed by atoms with Crippen LogP contribution < -0.4 is 10.2 Å². The molecular weight excluding hydrogens is 960 g/mol. The van der Waals surface area contributed by atoms with Gasteiger partial charge in [0.2, 0.25) is 5.91 Å². The molecule has 454 valence electrons. The van der Waals surface area contributed by atoms with E-state index in [0.717, 1.165) is 38.5 Å². The van der Waals surface area contributed by atoms with Gasteiger partial charge in [-0.1, -0.05) is 347 Å². The second-order valence-corrected chi connectivity index (χ2v) is 26.3. The van der Waals surface area contributed by atoms with Crippen LogP contribution in [0.25, 0.3) is 0 Å². The average molecular weight is 1100 g/mol. The van der Waals surface area contributed by atoms with E-state index in [1.54, 1.807) is 6.08 Å². The van der Waals surface area contributed by atoms with Crippen molar-refractivity contribution in [2.45, 2.75) is 373 Å². The summed E-state index contributed by atoms with van der Waals surface area (Å²) in [5.74, 6) is -0.188. The van der Waals surface area contributed by atoms with Gasteiger partial charge in [0.15, 0.2) is 0 Å². The summed E-state index contributed by atoms with van der Waals surface area (Å²) in [7, 11) is 1.28. The normalized spacial score (nSPS) is 13.7. The predicted molar refractivity (Wildman–Crippen MR) is 330 cm³/mol. The maximum Gasteiger partial charge on any atom is 0.268 e. The molecule has 0 rings (SSSR count).